The second kappa shape index (κ2) is 6.72. The van der Waals surface area contributed by atoms with Crippen molar-refractivity contribution in [2.24, 2.45) is 5.41 Å². The minimum absolute atomic E-state index is 0.0360. The molecule has 3 rings (SSSR count). The molecule has 0 saturated heterocycles. The lowest BCUT2D eigenvalue weighted by Gasteiger charge is -2.21. The van der Waals surface area contributed by atoms with Crippen molar-refractivity contribution >= 4 is 32.1 Å². The third-order valence-corrected chi connectivity index (χ3v) is 7.16. The van der Waals surface area contributed by atoms with Gasteiger partial charge in [0.25, 0.3) is 0 Å². The maximum absolute atomic E-state index is 12.7. The first-order valence-corrected chi connectivity index (χ1v) is 10.5. The maximum atomic E-state index is 12.7. The van der Waals surface area contributed by atoms with Gasteiger partial charge in [0.1, 0.15) is 10.0 Å². The molecule has 0 saturated carbocycles. The van der Waals surface area contributed by atoms with Crippen LogP contribution in [0.1, 0.15) is 27.2 Å². The van der Waals surface area contributed by atoms with Gasteiger partial charge in [-0.05, 0) is 24.0 Å². The fourth-order valence-corrected chi connectivity index (χ4v) is 5.04. The summed E-state index contributed by atoms with van der Waals surface area (Å²) in [7, 11) is -3.39. The van der Waals surface area contributed by atoms with Crippen LogP contribution in [0.2, 0.25) is 0 Å². The summed E-state index contributed by atoms with van der Waals surface area (Å²) < 4.78 is 25.6. The lowest BCUT2D eigenvalue weighted by Crippen LogP contribution is -2.11. The topological polar surface area (TPSA) is 72.0 Å². The lowest BCUT2D eigenvalue weighted by molar-refractivity contribution is 0.494. The lowest BCUT2D eigenvalue weighted by atomic mass is 9.85. The van der Waals surface area contributed by atoms with Gasteiger partial charge in [0.15, 0.2) is 15.0 Å². The highest BCUT2D eigenvalue weighted by molar-refractivity contribution is 7.93. The molecule has 132 valence electrons. The van der Waals surface area contributed by atoms with Crippen LogP contribution in [0.3, 0.4) is 0 Å². The van der Waals surface area contributed by atoms with Crippen LogP contribution < -0.4 is 5.32 Å². The number of hydrogen-bond acceptors (Lipinski definition) is 6. The van der Waals surface area contributed by atoms with Crippen LogP contribution in [0, 0.1) is 5.41 Å². The molecule has 1 aliphatic carbocycles. The Labute approximate surface area is 152 Å². The Bertz CT molecular complexity index is 921. The van der Waals surface area contributed by atoms with E-state index in [1.165, 1.54) is 11.8 Å². The summed E-state index contributed by atoms with van der Waals surface area (Å²) in [5, 5.41) is 3.54. The quantitative estimate of drug-likeness (QED) is 0.841. The molecule has 0 amide bonds. The van der Waals surface area contributed by atoms with Crippen molar-refractivity contribution < 1.29 is 8.42 Å². The van der Waals surface area contributed by atoms with E-state index in [9.17, 15) is 8.42 Å². The number of nitrogens with zero attached hydrogens (tertiary/aromatic N) is 2. The third kappa shape index (κ3) is 4.35. The standard InChI is InChI=1S/C18H21N3O2S2/c1-18(2,3)14-8-7-13(10-14)12-25(22,23)16-11-20-17(24-16)21-15-6-4-5-9-19-15/h4-9,11H,10,12H2,1-3H3,(H,19,20,21). The summed E-state index contributed by atoms with van der Waals surface area (Å²) in [6.07, 6.45) is 7.79. The van der Waals surface area contributed by atoms with Crippen molar-refractivity contribution in [3.63, 3.8) is 0 Å². The molecular weight excluding hydrogens is 354 g/mol. The van der Waals surface area contributed by atoms with E-state index in [0.29, 0.717) is 10.9 Å². The first kappa shape index (κ1) is 17.8. The molecule has 25 heavy (non-hydrogen) atoms. The second-order valence-corrected chi connectivity index (χ2v) is 10.3. The summed E-state index contributed by atoms with van der Waals surface area (Å²) in [5.41, 5.74) is 2.25. The van der Waals surface area contributed by atoms with Gasteiger partial charge in [-0.1, -0.05) is 61.5 Å². The Kier molecular flexibility index (Phi) is 4.79. The Morgan fingerprint density at radius 3 is 2.64 bits per heavy atom. The number of anilines is 2. The summed E-state index contributed by atoms with van der Waals surface area (Å²) >= 11 is 1.13. The molecule has 2 heterocycles. The van der Waals surface area contributed by atoms with Gasteiger partial charge < -0.3 is 5.32 Å². The van der Waals surface area contributed by atoms with Crippen LogP contribution in [-0.2, 0) is 9.84 Å². The van der Waals surface area contributed by atoms with Gasteiger partial charge in [-0.15, -0.1) is 0 Å². The van der Waals surface area contributed by atoms with Gasteiger partial charge in [-0.3, -0.25) is 0 Å². The minimum atomic E-state index is -3.39. The predicted octanol–water partition coefficient (Wildman–Crippen LogP) is 4.36. The van der Waals surface area contributed by atoms with Gasteiger partial charge in [-0.2, -0.15) is 0 Å². The number of aromatic nitrogens is 2. The van der Waals surface area contributed by atoms with Gasteiger partial charge >= 0.3 is 0 Å². The van der Waals surface area contributed by atoms with E-state index >= 15 is 0 Å². The summed E-state index contributed by atoms with van der Waals surface area (Å²) in [6, 6.07) is 5.48. The first-order valence-electron chi connectivity index (χ1n) is 8.00. The number of rotatable bonds is 5. The molecule has 0 unspecified atom stereocenters. The first-order chi connectivity index (χ1) is 11.7. The third-order valence-electron chi connectivity index (χ3n) is 3.97. The number of pyridine rings is 1. The fraction of sp³-hybridized carbons (Fsp3) is 0.333. The zero-order valence-electron chi connectivity index (χ0n) is 14.5. The van der Waals surface area contributed by atoms with E-state index in [4.69, 9.17) is 0 Å². The highest BCUT2D eigenvalue weighted by Gasteiger charge is 2.25. The Morgan fingerprint density at radius 2 is 2.00 bits per heavy atom. The van der Waals surface area contributed by atoms with Crippen LogP contribution in [0.5, 0.6) is 0 Å². The van der Waals surface area contributed by atoms with Crippen molar-refractivity contribution in [3.8, 4) is 0 Å². The molecule has 0 spiro atoms. The monoisotopic (exact) mass is 375 g/mol. The average Bonchev–Trinajstić information content (AvgIpc) is 3.17. The number of allylic oxidation sites excluding steroid dienone is 3. The molecule has 0 bridgehead atoms. The summed E-state index contributed by atoms with van der Waals surface area (Å²) in [4.78, 5) is 8.31. The van der Waals surface area contributed by atoms with Crippen LogP contribution in [0.4, 0.5) is 10.9 Å². The van der Waals surface area contributed by atoms with Crippen LogP contribution in [-0.4, -0.2) is 24.1 Å². The number of nitrogens with one attached hydrogen (secondary N) is 1. The molecule has 0 atom stereocenters. The van der Waals surface area contributed by atoms with Gasteiger partial charge in [0.05, 0.1) is 11.9 Å². The largest absolute Gasteiger partial charge is 0.316 e. The van der Waals surface area contributed by atoms with Crippen molar-refractivity contribution in [2.75, 3.05) is 11.1 Å². The highest BCUT2D eigenvalue weighted by Crippen LogP contribution is 2.36. The SMILES string of the molecule is CC(C)(C)C1=CC=C(CS(=O)(=O)c2cnc(Nc3ccccn3)s2)C1. The van der Waals surface area contributed by atoms with E-state index in [1.54, 1.807) is 12.3 Å². The van der Waals surface area contributed by atoms with Crippen LogP contribution >= 0.6 is 11.3 Å². The molecule has 0 fully saturated rings. The van der Waals surface area contributed by atoms with Gasteiger partial charge in [0, 0.05) is 6.20 Å². The fourth-order valence-electron chi connectivity index (χ4n) is 2.52. The Hall–Kier alpha value is -1.99. The number of sulfone groups is 1. The zero-order chi connectivity index (χ0) is 18.1. The Balaban J connectivity index is 1.68. The van der Waals surface area contributed by atoms with Crippen molar-refractivity contribution in [1.29, 1.82) is 0 Å². The van der Waals surface area contributed by atoms with E-state index in [2.05, 4.69) is 36.1 Å². The number of thiazole rings is 1. The zero-order valence-corrected chi connectivity index (χ0v) is 16.1. The predicted molar refractivity (Wildman–Crippen MR) is 102 cm³/mol. The van der Waals surface area contributed by atoms with Gasteiger partial charge in [-0.25, -0.2) is 18.4 Å². The van der Waals surface area contributed by atoms with Crippen LogP contribution in [0.25, 0.3) is 0 Å². The van der Waals surface area contributed by atoms with E-state index in [-0.39, 0.29) is 15.4 Å². The van der Waals surface area contributed by atoms with Crippen LogP contribution in [0.15, 0.2) is 58.1 Å². The molecule has 0 radical (unpaired) electrons. The molecule has 2 aromatic heterocycles. The molecule has 0 aromatic carbocycles. The minimum Gasteiger partial charge on any atom is -0.316 e. The smallest absolute Gasteiger partial charge is 0.193 e. The van der Waals surface area contributed by atoms with E-state index < -0.39 is 9.84 Å². The average molecular weight is 376 g/mol. The highest BCUT2D eigenvalue weighted by atomic mass is 32.2. The molecule has 1 N–H and O–H groups in total. The Morgan fingerprint density at radius 1 is 1.20 bits per heavy atom. The molecular formula is C18H21N3O2S2. The van der Waals surface area contributed by atoms with Crippen molar-refractivity contribution in [3.05, 3.63) is 53.9 Å². The normalized spacial score (nSPS) is 15.0. The second-order valence-electron chi connectivity index (χ2n) is 7.03. The molecule has 1 aliphatic rings. The molecule has 0 aliphatic heterocycles. The molecule has 2 aromatic rings. The van der Waals surface area contributed by atoms with E-state index in [0.717, 1.165) is 23.3 Å². The number of hydrogen-bond donors (Lipinski definition) is 1. The van der Waals surface area contributed by atoms with Crippen molar-refractivity contribution in [2.45, 2.75) is 31.4 Å². The summed E-state index contributed by atoms with van der Waals surface area (Å²) in [6.45, 7) is 6.43. The maximum Gasteiger partial charge on any atom is 0.193 e. The van der Waals surface area contributed by atoms with E-state index in [1.807, 2.05) is 24.3 Å². The molecule has 7 heteroatoms. The van der Waals surface area contributed by atoms with Crippen molar-refractivity contribution in [1.82, 2.24) is 9.97 Å². The molecule has 5 nitrogen and oxygen atoms in total. The summed E-state index contributed by atoms with van der Waals surface area (Å²) in [5.74, 6) is 0.673. The van der Waals surface area contributed by atoms with Gasteiger partial charge in [0.2, 0.25) is 0 Å².